The van der Waals surface area contributed by atoms with E-state index in [0.29, 0.717) is 6.54 Å². The predicted molar refractivity (Wildman–Crippen MR) is 90.9 cm³/mol. The molecule has 1 aromatic rings. The molecule has 0 unspecified atom stereocenters. The van der Waals surface area contributed by atoms with Crippen LogP contribution in [-0.2, 0) is 30.3 Å². The van der Waals surface area contributed by atoms with E-state index in [2.05, 4.69) is 5.32 Å². The van der Waals surface area contributed by atoms with Crippen LogP contribution in [0.2, 0.25) is 0 Å². The van der Waals surface area contributed by atoms with E-state index in [1.165, 1.54) is 0 Å². The third-order valence-electron chi connectivity index (χ3n) is 4.31. The van der Waals surface area contributed by atoms with E-state index < -0.39 is 42.2 Å². The maximum absolute atomic E-state index is 11.9. The highest BCUT2D eigenvalue weighted by atomic mass is 16.8. The fourth-order valence-corrected chi connectivity index (χ4v) is 3.25. The zero-order valence-electron chi connectivity index (χ0n) is 14.8. The van der Waals surface area contributed by atoms with Crippen LogP contribution in [0.25, 0.3) is 0 Å². The normalized spacial score (nSPS) is 29.2. The minimum atomic E-state index is -0.789. The average Bonchev–Trinajstić information content (AvgIpc) is 3.05. The van der Waals surface area contributed by atoms with Crippen LogP contribution < -0.4 is 11.1 Å². The number of amides is 2. The van der Waals surface area contributed by atoms with Crippen LogP contribution in [0.3, 0.4) is 0 Å². The molecule has 3 rings (SSSR count). The first-order valence-corrected chi connectivity index (χ1v) is 8.58. The highest BCUT2D eigenvalue weighted by Gasteiger charge is 2.55. The van der Waals surface area contributed by atoms with Gasteiger partial charge < -0.3 is 30.0 Å². The Morgan fingerprint density at radius 3 is 2.46 bits per heavy atom. The number of ether oxygens (including phenoxy) is 4. The number of nitrogens with two attached hydrogens (primary N) is 1. The zero-order valence-corrected chi connectivity index (χ0v) is 14.8. The topological polar surface area (TPSA) is 109 Å². The van der Waals surface area contributed by atoms with Gasteiger partial charge in [0, 0.05) is 6.54 Å². The van der Waals surface area contributed by atoms with Crippen molar-refractivity contribution in [3.8, 4) is 0 Å². The molecule has 26 heavy (non-hydrogen) atoms. The summed E-state index contributed by atoms with van der Waals surface area (Å²) in [7, 11) is 0. The van der Waals surface area contributed by atoms with E-state index in [-0.39, 0.29) is 13.0 Å². The molecule has 0 aromatic heterocycles. The van der Waals surface area contributed by atoms with Crippen LogP contribution in [0.1, 0.15) is 25.8 Å². The van der Waals surface area contributed by atoms with Crippen molar-refractivity contribution in [3.63, 3.8) is 0 Å². The Labute approximate surface area is 151 Å². The first kappa shape index (κ1) is 18.6. The van der Waals surface area contributed by atoms with Gasteiger partial charge in [-0.1, -0.05) is 30.3 Å². The molecule has 0 radical (unpaired) electrons. The van der Waals surface area contributed by atoms with Gasteiger partial charge in [0.15, 0.2) is 5.79 Å². The molecule has 142 valence electrons. The number of carbonyl (C=O) groups excluding carboxylic acids is 2. The van der Waals surface area contributed by atoms with Gasteiger partial charge >= 0.3 is 6.09 Å². The molecule has 4 atom stereocenters. The molecule has 2 heterocycles. The molecule has 2 aliphatic heterocycles. The number of hydrogen-bond donors (Lipinski definition) is 2. The van der Waals surface area contributed by atoms with E-state index in [9.17, 15) is 9.59 Å². The largest absolute Gasteiger partial charge is 0.447 e. The second-order valence-corrected chi connectivity index (χ2v) is 6.89. The lowest BCUT2D eigenvalue weighted by Gasteiger charge is -2.23. The fraction of sp³-hybridized carbons (Fsp3) is 0.556. The Balaban J connectivity index is 1.52. The summed E-state index contributed by atoms with van der Waals surface area (Å²) in [6.07, 6.45) is -2.40. The van der Waals surface area contributed by atoms with Crippen molar-refractivity contribution in [2.75, 3.05) is 6.61 Å². The van der Waals surface area contributed by atoms with E-state index in [1.807, 2.05) is 30.3 Å². The third-order valence-corrected chi connectivity index (χ3v) is 4.31. The Morgan fingerprint density at radius 1 is 1.15 bits per heavy atom. The molecule has 2 aliphatic rings. The summed E-state index contributed by atoms with van der Waals surface area (Å²) in [5.41, 5.74) is 6.24. The Morgan fingerprint density at radius 2 is 1.81 bits per heavy atom. The number of primary amides is 1. The number of nitrogens with one attached hydrogen (secondary N) is 1. The summed E-state index contributed by atoms with van der Waals surface area (Å²) in [5.74, 6) is -1.27. The molecule has 1 aromatic carbocycles. The van der Waals surface area contributed by atoms with Crippen molar-refractivity contribution in [1.82, 2.24) is 5.32 Å². The van der Waals surface area contributed by atoms with Gasteiger partial charge in [-0.25, -0.2) is 4.79 Å². The van der Waals surface area contributed by atoms with Gasteiger partial charge in [-0.15, -0.1) is 0 Å². The van der Waals surface area contributed by atoms with E-state index in [1.54, 1.807) is 13.8 Å². The Hall–Kier alpha value is -2.16. The van der Waals surface area contributed by atoms with E-state index >= 15 is 0 Å². The minimum Gasteiger partial charge on any atom is -0.447 e. The van der Waals surface area contributed by atoms with E-state index in [0.717, 1.165) is 5.56 Å². The number of hydrogen-bond acceptors (Lipinski definition) is 6. The second-order valence-electron chi connectivity index (χ2n) is 6.89. The van der Waals surface area contributed by atoms with Gasteiger partial charge in [0.05, 0.1) is 12.5 Å². The molecule has 2 fully saturated rings. The molecule has 3 N–H and O–H groups in total. The molecule has 0 bridgehead atoms. The summed E-state index contributed by atoms with van der Waals surface area (Å²) in [5, 5.41) is 2.68. The highest BCUT2D eigenvalue weighted by Crippen LogP contribution is 2.39. The van der Waals surface area contributed by atoms with Crippen LogP contribution in [-0.4, -0.2) is 48.8 Å². The molecule has 0 aliphatic carbocycles. The monoisotopic (exact) mass is 364 g/mol. The van der Waals surface area contributed by atoms with Gasteiger partial charge in [0.25, 0.3) is 0 Å². The standard InChI is InChI=1S/C18H24N2O6/c1-18(2)25-15-12(8-14(19)21)24-13(16(15)26-18)10-23-17(22)20-9-11-6-4-3-5-7-11/h3-7,12-13,15-16H,8-10H2,1-2H3,(H2,19,21)(H,20,22)/t12-,13+,15-,16+/m0/s1. The number of carbonyl (C=O) groups is 2. The first-order chi connectivity index (χ1) is 12.3. The fourth-order valence-electron chi connectivity index (χ4n) is 3.25. The van der Waals surface area contributed by atoms with Crippen LogP contribution in [0.5, 0.6) is 0 Å². The molecule has 0 spiro atoms. The smallest absolute Gasteiger partial charge is 0.407 e. The van der Waals surface area contributed by atoms with Crippen molar-refractivity contribution in [2.24, 2.45) is 5.73 Å². The van der Waals surface area contributed by atoms with Crippen molar-refractivity contribution in [1.29, 1.82) is 0 Å². The quantitative estimate of drug-likeness (QED) is 0.782. The van der Waals surface area contributed by atoms with Crippen LogP contribution in [0.15, 0.2) is 30.3 Å². The lowest BCUT2D eigenvalue weighted by molar-refractivity contribution is -0.191. The molecule has 0 saturated carbocycles. The summed E-state index contributed by atoms with van der Waals surface area (Å²) in [4.78, 5) is 23.2. The Kier molecular flexibility index (Phi) is 5.45. The number of benzene rings is 1. The van der Waals surface area contributed by atoms with Gasteiger partial charge in [-0.2, -0.15) is 0 Å². The SMILES string of the molecule is CC1(C)O[C@@H]2[C@H](O1)[C@@H](COC(=O)NCc1ccccc1)O[C@H]2CC(N)=O. The predicted octanol–water partition coefficient (Wildman–Crippen LogP) is 1.08. The Bertz CT molecular complexity index is 650. The maximum atomic E-state index is 11.9. The lowest BCUT2D eigenvalue weighted by atomic mass is 10.1. The minimum absolute atomic E-state index is 0.00348. The summed E-state index contributed by atoms with van der Waals surface area (Å²) in [6.45, 7) is 3.94. The van der Waals surface area contributed by atoms with Crippen molar-refractivity contribution < 1.29 is 28.5 Å². The molecule has 2 amide bonds. The molecule has 8 nitrogen and oxygen atoms in total. The number of rotatable bonds is 6. The van der Waals surface area contributed by atoms with Gasteiger partial charge in [-0.05, 0) is 19.4 Å². The summed E-state index contributed by atoms with van der Waals surface area (Å²) < 4.78 is 22.7. The third kappa shape index (κ3) is 4.51. The molecular formula is C18H24N2O6. The number of alkyl carbamates (subject to hydrolysis) is 1. The van der Waals surface area contributed by atoms with Crippen molar-refractivity contribution >= 4 is 12.0 Å². The molecule has 8 heteroatoms. The summed E-state index contributed by atoms with van der Waals surface area (Å²) in [6, 6.07) is 9.51. The van der Waals surface area contributed by atoms with Crippen molar-refractivity contribution in [2.45, 2.75) is 57.0 Å². The number of fused-ring (bicyclic) bond motifs is 1. The van der Waals surface area contributed by atoms with Crippen LogP contribution in [0, 0.1) is 0 Å². The van der Waals surface area contributed by atoms with Crippen molar-refractivity contribution in [3.05, 3.63) is 35.9 Å². The molecular weight excluding hydrogens is 340 g/mol. The first-order valence-electron chi connectivity index (χ1n) is 8.58. The van der Waals surface area contributed by atoms with E-state index in [4.69, 9.17) is 24.7 Å². The van der Waals surface area contributed by atoms with Gasteiger partial charge in [0.1, 0.15) is 24.9 Å². The zero-order chi connectivity index (χ0) is 18.7. The lowest BCUT2D eigenvalue weighted by Crippen LogP contribution is -2.35. The van der Waals surface area contributed by atoms with Crippen LogP contribution in [0.4, 0.5) is 4.79 Å². The van der Waals surface area contributed by atoms with Gasteiger partial charge in [-0.3, -0.25) is 4.79 Å². The van der Waals surface area contributed by atoms with Gasteiger partial charge in [0.2, 0.25) is 5.91 Å². The summed E-state index contributed by atoms with van der Waals surface area (Å²) >= 11 is 0. The second kappa shape index (κ2) is 7.61. The molecule has 2 saturated heterocycles. The maximum Gasteiger partial charge on any atom is 0.407 e. The highest BCUT2D eigenvalue weighted by molar-refractivity contribution is 5.74. The van der Waals surface area contributed by atoms with Crippen LogP contribution >= 0.6 is 0 Å². The average molecular weight is 364 g/mol.